The summed E-state index contributed by atoms with van der Waals surface area (Å²) in [6.07, 6.45) is -0.483. The number of carbonyl (C=O) groups is 3. The lowest BCUT2D eigenvalue weighted by molar-refractivity contribution is -0.255. The lowest BCUT2D eigenvalue weighted by Crippen LogP contribution is -2.49. The Hall–Kier alpha value is -2.41. The van der Waals surface area contributed by atoms with Crippen LogP contribution in [0, 0.1) is 0 Å². The zero-order valence-electron chi connectivity index (χ0n) is 12.9. The van der Waals surface area contributed by atoms with Crippen LogP contribution in [0.1, 0.15) is 30.6 Å². The molecule has 7 heteroatoms. The molecule has 1 saturated heterocycles. The van der Waals surface area contributed by atoms with Gasteiger partial charge < -0.3 is 18.9 Å². The van der Waals surface area contributed by atoms with Gasteiger partial charge in [-0.3, -0.25) is 9.59 Å². The van der Waals surface area contributed by atoms with Gasteiger partial charge >= 0.3 is 17.9 Å². The van der Waals surface area contributed by atoms with Gasteiger partial charge in [0.25, 0.3) is 5.79 Å². The van der Waals surface area contributed by atoms with Crippen molar-refractivity contribution in [2.75, 3.05) is 13.2 Å². The van der Waals surface area contributed by atoms with E-state index in [-0.39, 0.29) is 13.2 Å². The van der Waals surface area contributed by atoms with Crippen LogP contribution in [0.3, 0.4) is 0 Å². The number of benzene rings is 1. The van der Waals surface area contributed by atoms with E-state index >= 15 is 0 Å². The highest BCUT2D eigenvalue weighted by atomic mass is 16.8. The van der Waals surface area contributed by atoms with Crippen LogP contribution >= 0.6 is 0 Å². The summed E-state index contributed by atoms with van der Waals surface area (Å²) in [6.45, 7) is 2.30. The maximum absolute atomic E-state index is 12.0. The molecule has 1 aliphatic heterocycles. The van der Waals surface area contributed by atoms with E-state index in [4.69, 9.17) is 18.9 Å². The summed E-state index contributed by atoms with van der Waals surface area (Å²) in [4.78, 5) is 34.6. The highest BCUT2D eigenvalue weighted by molar-refractivity contribution is 5.89. The molecule has 0 spiro atoms. The number of rotatable bonds is 5. The topological polar surface area (TPSA) is 88.1 Å². The number of esters is 3. The first-order valence-corrected chi connectivity index (χ1v) is 7.16. The number of carbonyl (C=O) groups excluding carboxylic acids is 3. The summed E-state index contributed by atoms with van der Waals surface area (Å²) in [5, 5.41) is 0. The molecule has 23 heavy (non-hydrogen) atoms. The molecule has 0 amide bonds. The first kappa shape index (κ1) is 17.0. The van der Waals surface area contributed by atoms with E-state index in [1.807, 2.05) is 0 Å². The fourth-order valence-corrected chi connectivity index (χ4v) is 2.33. The van der Waals surface area contributed by atoms with Gasteiger partial charge in [0, 0.05) is 20.3 Å². The van der Waals surface area contributed by atoms with E-state index in [2.05, 4.69) is 0 Å². The van der Waals surface area contributed by atoms with Gasteiger partial charge in [-0.25, -0.2) is 4.79 Å². The molecule has 1 aromatic rings. The minimum atomic E-state index is -1.61. The van der Waals surface area contributed by atoms with E-state index in [0.29, 0.717) is 12.0 Å². The maximum atomic E-state index is 12.0. The molecular weight excluding hydrogens is 304 g/mol. The van der Waals surface area contributed by atoms with Crippen LogP contribution in [-0.2, 0) is 28.5 Å². The van der Waals surface area contributed by atoms with Gasteiger partial charge in [-0.1, -0.05) is 18.2 Å². The van der Waals surface area contributed by atoms with Gasteiger partial charge in [0.15, 0.2) is 12.7 Å². The molecule has 0 saturated carbocycles. The summed E-state index contributed by atoms with van der Waals surface area (Å²) in [5.41, 5.74) is 0.354. The predicted molar refractivity (Wildman–Crippen MR) is 77.3 cm³/mol. The van der Waals surface area contributed by atoms with E-state index < -0.39 is 29.8 Å². The van der Waals surface area contributed by atoms with Crippen molar-refractivity contribution in [3.63, 3.8) is 0 Å². The summed E-state index contributed by atoms with van der Waals surface area (Å²) >= 11 is 0. The Balaban J connectivity index is 2.10. The standard InChI is InChI=1S/C16H18O7/c1-11(17)22-14-8-9-21-16(14,23-12(2)18)10-20-15(19)13-6-4-3-5-7-13/h3-7,14H,8-10H2,1-2H3. The highest BCUT2D eigenvalue weighted by Crippen LogP contribution is 2.31. The Morgan fingerprint density at radius 1 is 1.17 bits per heavy atom. The van der Waals surface area contributed by atoms with Crippen molar-refractivity contribution in [1.82, 2.24) is 0 Å². The minimum absolute atomic E-state index is 0.216. The van der Waals surface area contributed by atoms with E-state index in [0.717, 1.165) is 0 Å². The molecule has 2 atom stereocenters. The van der Waals surface area contributed by atoms with E-state index in [9.17, 15) is 14.4 Å². The van der Waals surface area contributed by atoms with Crippen LogP contribution in [0.5, 0.6) is 0 Å². The van der Waals surface area contributed by atoms with Crippen molar-refractivity contribution in [2.24, 2.45) is 0 Å². The van der Waals surface area contributed by atoms with Gasteiger partial charge in [0.1, 0.15) is 0 Å². The second kappa shape index (κ2) is 7.23. The van der Waals surface area contributed by atoms with E-state index in [1.165, 1.54) is 13.8 Å². The zero-order valence-corrected chi connectivity index (χ0v) is 12.9. The van der Waals surface area contributed by atoms with Gasteiger partial charge in [0.2, 0.25) is 0 Å². The quantitative estimate of drug-likeness (QED) is 0.599. The third-order valence-electron chi connectivity index (χ3n) is 3.26. The predicted octanol–water partition coefficient (Wildman–Crippen LogP) is 1.45. The molecule has 7 nitrogen and oxygen atoms in total. The maximum Gasteiger partial charge on any atom is 0.338 e. The second-order valence-electron chi connectivity index (χ2n) is 5.08. The molecule has 0 aromatic heterocycles. The van der Waals surface area contributed by atoms with Gasteiger partial charge in [-0.05, 0) is 12.1 Å². The van der Waals surface area contributed by atoms with Crippen molar-refractivity contribution < 1.29 is 33.3 Å². The minimum Gasteiger partial charge on any atom is -0.455 e. The summed E-state index contributed by atoms with van der Waals surface area (Å²) < 4.78 is 21.0. The average Bonchev–Trinajstić information content (AvgIpc) is 2.87. The molecule has 0 radical (unpaired) electrons. The highest BCUT2D eigenvalue weighted by Gasteiger charge is 2.51. The van der Waals surface area contributed by atoms with Crippen molar-refractivity contribution in [3.05, 3.63) is 35.9 Å². The molecule has 1 fully saturated rings. The Bertz CT molecular complexity index is 583. The van der Waals surface area contributed by atoms with Gasteiger partial charge in [-0.15, -0.1) is 0 Å². The lowest BCUT2D eigenvalue weighted by atomic mass is 10.1. The smallest absolute Gasteiger partial charge is 0.338 e. The van der Waals surface area contributed by atoms with Crippen molar-refractivity contribution in [2.45, 2.75) is 32.2 Å². The van der Waals surface area contributed by atoms with Crippen LogP contribution in [0.4, 0.5) is 0 Å². The van der Waals surface area contributed by atoms with E-state index in [1.54, 1.807) is 30.3 Å². The molecule has 0 aliphatic carbocycles. The molecule has 1 heterocycles. The lowest BCUT2D eigenvalue weighted by Gasteiger charge is -2.31. The first-order chi connectivity index (χ1) is 10.9. The third-order valence-corrected chi connectivity index (χ3v) is 3.26. The summed E-state index contributed by atoms with van der Waals surface area (Å²) in [7, 11) is 0. The molecule has 2 unspecified atom stereocenters. The number of ether oxygens (including phenoxy) is 4. The van der Waals surface area contributed by atoms with Crippen molar-refractivity contribution in [3.8, 4) is 0 Å². The van der Waals surface area contributed by atoms with Gasteiger partial charge in [-0.2, -0.15) is 0 Å². The average molecular weight is 322 g/mol. The monoisotopic (exact) mass is 322 g/mol. The van der Waals surface area contributed by atoms with Crippen LogP contribution in [0.15, 0.2) is 30.3 Å². The Kier molecular flexibility index (Phi) is 5.33. The number of hydrogen-bond donors (Lipinski definition) is 0. The van der Waals surface area contributed by atoms with Gasteiger partial charge in [0.05, 0.1) is 12.2 Å². The molecule has 124 valence electrons. The zero-order chi connectivity index (χ0) is 16.9. The SMILES string of the molecule is CC(=O)OC1CCOC1(COC(=O)c1ccccc1)OC(C)=O. The molecule has 0 N–H and O–H groups in total. The fraction of sp³-hybridized carbons (Fsp3) is 0.438. The Morgan fingerprint density at radius 3 is 2.48 bits per heavy atom. The van der Waals surface area contributed by atoms with Crippen molar-refractivity contribution >= 4 is 17.9 Å². The van der Waals surface area contributed by atoms with Crippen LogP contribution < -0.4 is 0 Å². The Labute approximate surface area is 133 Å². The summed E-state index contributed by atoms with van der Waals surface area (Å²) in [6, 6.07) is 8.37. The first-order valence-electron chi connectivity index (χ1n) is 7.16. The molecule has 0 bridgehead atoms. The largest absolute Gasteiger partial charge is 0.455 e. The Morgan fingerprint density at radius 2 is 1.87 bits per heavy atom. The van der Waals surface area contributed by atoms with Crippen LogP contribution in [0.25, 0.3) is 0 Å². The van der Waals surface area contributed by atoms with Crippen molar-refractivity contribution in [1.29, 1.82) is 0 Å². The second-order valence-corrected chi connectivity index (χ2v) is 5.08. The molecular formula is C16H18O7. The summed E-state index contributed by atoms with van der Waals surface area (Å²) in [5.74, 6) is -3.36. The number of hydrogen-bond acceptors (Lipinski definition) is 7. The molecule has 1 aromatic carbocycles. The third kappa shape index (κ3) is 4.29. The van der Waals surface area contributed by atoms with Crippen LogP contribution in [-0.4, -0.2) is 43.0 Å². The van der Waals surface area contributed by atoms with Crippen LogP contribution in [0.2, 0.25) is 0 Å². The molecule has 1 aliphatic rings. The molecule has 2 rings (SSSR count). The normalized spacial score (nSPS) is 23.1. The fourth-order valence-electron chi connectivity index (χ4n) is 2.33.